The van der Waals surface area contributed by atoms with Crippen molar-refractivity contribution in [1.82, 2.24) is 0 Å². The number of benzene rings is 1. The first-order valence-corrected chi connectivity index (χ1v) is 10.2. The van der Waals surface area contributed by atoms with Crippen LogP contribution >= 0.6 is 0 Å². The summed E-state index contributed by atoms with van der Waals surface area (Å²) in [5.74, 6) is -3.57. The predicted molar refractivity (Wildman–Crippen MR) is 110 cm³/mol. The zero-order valence-corrected chi connectivity index (χ0v) is 19.1. The van der Waals surface area contributed by atoms with Crippen molar-refractivity contribution in [2.24, 2.45) is 0 Å². The molecule has 0 spiro atoms. The number of carbonyl (C=O) groups is 5. The zero-order chi connectivity index (χ0) is 25.3. The molecule has 0 aliphatic carbocycles. The molecule has 1 aromatic carbocycles. The van der Waals surface area contributed by atoms with Crippen LogP contribution in [0.5, 0.6) is 5.75 Å². The van der Waals surface area contributed by atoms with Gasteiger partial charge in [-0.3, -0.25) is 19.2 Å². The largest absolute Gasteiger partial charge is 0.482 e. The van der Waals surface area contributed by atoms with E-state index >= 15 is 0 Å². The molecule has 1 heterocycles. The number of ether oxygens (including phenoxy) is 7. The van der Waals surface area contributed by atoms with Gasteiger partial charge in [-0.15, -0.1) is 0 Å². The van der Waals surface area contributed by atoms with Crippen LogP contribution in [0.4, 0.5) is 0 Å². The SMILES string of the molecule is CC(=O)OCC1OC(OC(C)=O)C(OC(C)=O)C(OC(=O)COc2ccccc2)C1OC(C)=O. The molecule has 5 atom stereocenters. The highest BCUT2D eigenvalue weighted by molar-refractivity contribution is 5.72. The van der Waals surface area contributed by atoms with Crippen molar-refractivity contribution in [2.75, 3.05) is 13.2 Å². The van der Waals surface area contributed by atoms with Gasteiger partial charge in [-0.1, -0.05) is 18.2 Å². The van der Waals surface area contributed by atoms with E-state index in [2.05, 4.69) is 0 Å². The van der Waals surface area contributed by atoms with E-state index < -0.39 is 73.8 Å². The minimum absolute atomic E-state index is 0.394. The minimum Gasteiger partial charge on any atom is -0.482 e. The summed E-state index contributed by atoms with van der Waals surface area (Å²) in [5.41, 5.74) is 0. The van der Waals surface area contributed by atoms with Gasteiger partial charge in [0.1, 0.15) is 18.5 Å². The average molecular weight is 482 g/mol. The second-order valence-corrected chi connectivity index (χ2v) is 7.16. The smallest absolute Gasteiger partial charge is 0.344 e. The van der Waals surface area contributed by atoms with Crippen molar-refractivity contribution < 1.29 is 57.1 Å². The molecule has 2 rings (SSSR count). The average Bonchev–Trinajstić information content (AvgIpc) is 2.74. The van der Waals surface area contributed by atoms with Gasteiger partial charge in [-0.25, -0.2) is 4.79 Å². The van der Waals surface area contributed by atoms with Crippen molar-refractivity contribution >= 4 is 29.8 Å². The van der Waals surface area contributed by atoms with Crippen molar-refractivity contribution in [1.29, 1.82) is 0 Å². The summed E-state index contributed by atoms with van der Waals surface area (Å²) in [6, 6.07) is 8.42. The fourth-order valence-corrected chi connectivity index (χ4v) is 3.10. The van der Waals surface area contributed by atoms with Crippen LogP contribution in [-0.2, 0) is 52.4 Å². The van der Waals surface area contributed by atoms with E-state index in [1.54, 1.807) is 30.3 Å². The van der Waals surface area contributed by atoms with E-state index in [0.717, 1.165) is 27.7 Å². The molecule has 0 N–H and O–H groups in total. The highest BCUT2D eigenvalue weighted by atomic mass is 16.7. The molecule has 0 saturated carbocycles. The third-order valence-corrected chi connectivity index (χ3v) is 4.30. The van der Waals surface area contributed by atoms with E-state index in [1.165, 1.54) is 0 Å². The molecule has 186 valence electrons. The summed E-state index contributed by atoms with van der Waals surface area (Å²) in [5, 5.41) is 0. The quantitative estimate of drug-likeness (QED) is 0.360. The van der Waals surface area contributed by atoms with Gasteiger partial charge in [0.25, 0.3) is 0 Å². The molecule has 0 aromatic heterocycles. The maximum Gasteiger partial charge on any atom is 0.344 e. The maximum absolute atomic E-state index is 12.6. The van der Waals surface area contributed by atoms with Crippen LogP contribution in [0.25, 0.3) is 0 Å². The summed E-state index contributed by atoms with van der Waals surface area (Å²) in [6.45, 7) is 3.43. The van der Waals surface area contributed by atoms with Crippen LogP contribution in [0.3, 0.4) is 0 Å². The lowest BCUT2D eigenvalue weighted by atomic mass is 9.98. The van der Waals surface area contributed by atoms with Gasteiger partial charge in [-0.2, -0.15) is 0 Å². The zero-order valence-electron chi connectivity index (χ0n) is 19.1. The van der Waals surface area contributed by atoms with Crippen LogP contribution in [-0.4, -0.2) is 73.8 Å². The highest BCUT2D eigenvalue weighted by Crippen LogP contribution is 2.30. The third kappa shape index (κ3) is 8.35. The van der Waals surface area contributed by atoms with E-state index in [0.29, 0.717) is 5.75 Å². The first-order valence-electron chi connectivity index (χ1n) is 10.2. The Morgan fingerprint density at radius 1 is 0.735 bits per heavy atom. The molecule has 0 radical (unpaired) electrons. The molecule has 12 heteroatoms. The number of carbonyl (C=O) groups excluding carboxylic acids is 5. The molecule has 34 heavy (non-hydrogen) atoms. The van der Waals surface area contributed by atoms with E-state index in [4.69, 9.17) is 33.2 Å². The van der Waals surface area contributed by atoms with Gasteiger partial charge in [-0.05, 0) is 12.1 Å². The van der Waals surface area contributed by atoms with Crippen molar-refractivity contribution in [3.05, 3.63) is 30.3 Å². The molecular formula is C22H26O12. The van der Waals surface area contributed by atoms with Gasteiger partial charge < -0.3 is 33.2 Å². The topological polar surface area (TPSA) is 150 Å². The second kappa shape index (κ2) is 12.5. The number of hydrogen-bond acceptors (Lipinski definition) is 12. The monoisotopic (exact) mass is 482 g/mol. The summed E-state index contributed by atoms with van der Waals surface area (Å²) in [4.78, 5) is 59.1. The molecule has 1 aliphatic heterocycles. The molecule has 1 aromatic rings. The lowest BCUT2D eigenvalue weighted by Crippen LogP contribution is -2.63. The third-order valence-electron chi connectivity index (χ3n) is 4.30. The Balaban J connectivity index is 2.33. The van der Waals surface area contributed by atoms with E-state index in [9.17, 15) is 24.0 Å². The Hall–Kier alpha value is -3.67. The standard InChI is InChI=1S/C22H26O12/c1-12(23)28-10-17-19(30-13(2)24)20(21(31-14(3)25)22(33-17)32-15(4)26)34-18(27)11-29-16-8-6-5-7-9-16/h5-9,17,19-22H,10-11H2,1-4H3. The van der Waals surface area contributed by atoms with Gasteiger partial charge in [0.15, 0.2) is 18.8 Å². The molecule has 12 nitrogen and oxygen atoms in total. The Morgan fingerprint density at radius 3 is 1.88 bits per heavy atom. The normalized spacial score (nSPS) is 23.7. The van der Waals surface area contributed by atoms with Crippen LogP contribution in [0, 0.1) is 0 Å². The van der Waals surface area contributed by atoms with Crippen LogP contribution in [0.1, 0.15) is 27.7 Å². The van der Waals surface area contributed by atoms with Crippen molar-refractivity contribution in [3.8, 4) is 5.75 Å². The minimum atomic E-state index is -1.55. The van der Waals surface area contributed by atoms with Gasteiger partial charge >= 0.3 is 29.8 Å². The molecule has 0 bridgehead atoms. The van der Waals surface area contributed by atoms with Gasteiger partial charge in [0.05, 0.1) is 0 Å². The summed E-state index contributed by atoms with van der Waals surface area (Å²) >= 11 is 0. The predicted octanol–water partition coefficient (Wildman–Crippen LogP) is 0.692. The first-order chi connectivity index (χ1) is 16.1. The van der Waals surface area contributed by atoms with E-state index in [1.807, 2.05) is 0 Å². The van der Waals surface area contributed by atoms with Crippen molar-refractivity contribution in [3.63, 3.8) is 0 Å². The second-order valence-electron chi connectivity index (χ2n) is 7.16. The Kier molecular flexibility index (Phi) is 9.80. The van der Waals surface area contributed by atoms with Gasteiger partial charge in [0, 0.05) is 27.7 Å². The Bertz CT molecular complexity index is 883. The van der Waals surface area contributed by atoms with Gasteiger partial charge in [0.2, 0.25) is 12.4 Å². The first kappa shape index (κ1) is 26.6. The number of rotatable bonds is 9. The van der Waals surface area contributed by atoms with Crippen LogP contribution in [0.15, 0.2) is 30.3 Å². The summed E-state index contributed by atoms with van der Waals surface area (Å²) in [7, 11) is 0. The molecule has 1 fully saturated rings. The van der Waals surface area contributed by atoms with Crippen molar-refractivity contribution in [2.45, 2.75) is 58.4 Å². The lowest BCUT2D eigenvalue weighted by Gasteiger charge is -2.43. The van der Waals surface area contributed by atoms with E-state index in [-0.39, 0.29) is 0 Å². The number of esters is 5. The van der Waals surface area contributed by atoms with Crippen LogP contribution < -0.4 is 4.74 Å². The summed E-state index contributed by atoms with van der Waals surface area (Å²) in [6.07, 6.45) is -7.15. The maximum atomic E-state index is 12.6. The lowest BCUT2D eigenvalue weighted by molar-refractivity contribution is -0.300. The summed E-state index contributed by atoms with van der Waals surface area (Å²) < 4.78 is 37.0. The molecule has 5 unspecified atom stereocenters. The number of para-hydroxylation sites is 1. The molecule has 0 amide bonds. The Labute approximate surface area is 195 Å². The molecular weight excluding hydrogens is 456 g/mol. The molecule has 1 aliphatic rings. The fourth-order valence-electron chi connectivity index (χ4n) is 3.10. The molecule has 1 saturated heterocycles. The Morgan fingerprint density at radius 2 is 1.32 bits per heavy atom. The fraction of sp³-hybridized carbons (Fsp3) is 0.500. The highest BCUT2D eigenvalue weighted by Gasteiger charge is 2.53. The number of hydrogen-bond donors (Lipinski definition) is 0. The van der Waals surface area contributed by atoms with Crippen LogP contribution in [0.2, 0.25) is 0 Å².